The minimum absolute atomic E-state index is 0.0332. The van der Waals surface area contributed by atoms with Crippen molar-refractivity contribution in [3.05, 3.63) is 90.3 Å². The second-order valence-corrected chi connectivity index (χ2v) is 8.37. The van der Waals surface area contributed by atoms with E-state index in [0.29, 0.717) is 44.5 Å². The topological polar surface area (TPSA) is 62.3 Å². The van der Waals surface area contributed by atoms with E-state index >= 15 is 0 Å². The molecule has 0 bridgehead atoms. The lowest BCUT2D eigenvalue weighted by Crippen LogP contribution is -2.51. The van der Waals surface area contributed by atoms with Crippen LogP contribution in [0, 0.1) is 5.41 Å². The molecule has 32 heavy (non-hydrogen) atoms. The van der Waals surface area contributed by atoms with Gasteiger partial charge in [-0.1, -0.05) is 48.5 Å². The van der Waals surface area contributed by atoms with Crippen molar-refractivity contribution in [1.82, 2.24) is 15.2 Å². The molecule has 1 aliphatic heterocycles. The second-order valence-electron chi connectivity index (χ2n) is 8.37. The maximum atomic E-state index is 13.3. The largest absolute Gasteiger partial charge is 0.356 e. The molecule has 4 rings (SSSR count). The average molecular weight is 428 g/mol. The molecule has 0 spiro atoms. The number of piperidine rings is 1. The summed E-state index contributed by atoms with van der Waals surface area (Å²) >= 11 is 0. The molecule has 0 saturated carbocycles. The number of carbonyl (C=O) groups excluding carboxylic acids is 2. The maximum Gasteiger partial charge on any atom is 0.253 e. The van der Waals surface area contributed by atoms with Crippen molar-refractivity contribution in [1.29, 1.82) is 0 Å². The minimum atomic E-state index is -0.540. The molecule has 1 aromatic heterocycles. The van der Waals surface area contributed by atoms with Crippen LogP contribution in [0.25, 0.3) is 11.1 Å². The smallest absolute Gasteiger partial charge is 0.253 e. The fraction of sp³-hybridized carbons (Fsp3) is 0.296. The van der Waals surface area contributed by atoms with Gasteiger partial charge in [0.15, 0.2) is 0 Å². The first-order chi connectivity index (χ1) is 15.6. The number of hydrogen-bond acceptors (Lipinski definition) is 3. The number of pyridine rings is 1. The van der Waals surface area contributed by atoms with Crippen molar-refractivity contribution in [3.8, 4) is 11.1 Å². The number of rotatable bonds is 6. The lowest BCUT2D eigenvalue weighted by atomic mass is 9.72. The van der Waals surface area contributed by atoms with Crippen molar-refractivity contribution in [2.45, 2.75) is 26.2 Å². The summed E-state index contributed by atoms with van der Waals surface area (Å²) in [5, 5.41) is 3.06. The summed E-state index contributed by atoms with van der Waals surface area (Å²) in [5.74, 6) is 0.110. The van der Waals surface area contributed by atoms with Gasteiger partial charge >= 0.3 is 0 Å². The van der Waals surface area contributed by atoms with E-state index in [0.717, 1.165) is 16.7 Å². The molecular formula is C27H29N3O2. The molecule has 0 aliphatic carbocycles. The van der Waals surface area contributed by atoms with Gasteiger partial charge in [-0.3, -0.25) is 14.6 Å². The normalized spacial score (nSPS) is 15.2. The third-order valence-corrected chi connectivity index (χ3v) is 6.37. The van der Waals surface area contributed by atoms with Gasteiger partial charge in [-0.05, 0) is 55.5 Å². The molecule has 1 saturated heterocycles. The quantitative estimate of drug-likeness (QED) is 0.636. The highest BCUT2D eigenvalue weighted by Crippen LogP contribution is 2.38. The van der Waals surface area contributed by atoms with Gasteiger partial charge in [-0.2, -0.15) is 0 Å². The third kappa shape index (κ3) is 4.57. The molecule has 2 heterocycles. The lowest BCUT2D eigenvalue weighted by Gasteiger charge is -2.41. The zero-order chi connectivity index (χ0) is 22.4. The van der Waals surface area contributed by atoms with Crippen LogP contribution in [0.2, 0.25) is 0 Å². The Morgan fingerprint density at radius 3 is 2.38 bits per heavy atom. The predicted octanol–water partition coefficient (Wildman–Crippen LogP) is 4.35. The number of benzene rings is 2. The van der Waals surface area contributed by atoms with Crippen LogP contribution in [0.15, 0.2) is 79.1 Å². The zero-order valence-corrected chi connectivity index (χ0v) is 18.5. The molecule has 164 valence electrons. The number of hydrogen-bond donors (Lipinski definition) is 1. The fourth-order valence-corrected chi connectivity index (χ4v) is 4.58. The molecule has 5 heteroatoms. The van der Waals surface area contributed by atoms with Gasteiger partial charge in [0.25, 0.3) is 5.91 Å². The number of aromatic nitrogens is 1. The van der Waals surface area contributed by atoms with E-state index in [9.17, 15) is 9.59 Å². The summed E-state index contributed by atoms with van der Waals surface area (Å²) in [6, 6.07) is 21.6. The Morgan fingerprint density at radius 1 is 0.969 bits per heavy atom. The minimum Gasteiger partial charge on any atom is -0.356 e. The van der Waals surface area contributed by atoms with E-state index in [2.05, 4.69) is 22.4 Å². The number of likely N-dealkylation sites (tertiary alicyclic amines) is 1. The van der Waals surface area contributed by atoms with E-state index in [1.807, 2.05) is 72.6 Å². The molecule has 0 unspecified atom stereocenters. The van der Waals surface area contributed by atoms with Crippen LogP contribution >= 0.6 is 0 Å². The Morgan fingerprint density at radius 2 is 1.69 bits per heavy atom. The average Bonchev–Trinajstić information content (AvgIpc) is 2.85. The molecule has 2 aromatic carbocycles. The van der Waals surface area contributed by atoms with E-state index in [-0.39, 0.29) is 11.8 Å². The second kappa shape index (κ2) is 9.77. The van der Waals surface area contributed by atoms with E-state index < -0.39 is 5.41 Å². The Labute approximate surface area is 189 Å². The molecule has 1 N–H and O–H groups in total. The van der Waals surface area contributed by atoms with Crippen molar-refractivity contribution in [2.24, 2.45) is 5.41 Å². The predicted molar refractivity (Wildman–Crippen MR) is 126 cm³/mol. The van der Waals surface area contributed by atoms with Crippen molar-refractivity contribution < 1.29 is 9.59 Å². The van der Waals surface area contributed by atoms with Crippen molar-refractivity contribution in [3.63, 3.8) is 0 Å². The monoisotopic (exact) mass is 427 g/mol. The first-order valence-corrected chi connectivity index (χ1v) is 11.2. The number of carbonyl (C=O) groups is 2. The number of nitrogens with zero attached hydrogens (tertiary/aromatic N) is 2. The van der Waals surface area contributed by atoms with Crippen LogP contribution in [0.3, 0.4) is 0 Å². The zero-order valence-electron chi connectivity index (χ0n) is 18.5. The fourth-order valence-electron chi connectivity index (χ4n) is 4.58. The van der Waals surface area contributed by atoms with Gasteiger partial charge in [-0.15, -0.1) is 0 Å². The molecule has 2 amide bonds. The standard InChI is InChI=1S/C27H29N3O2/c1-2-29-26(32)27(14-17-30(18-15-27)25(31)21-9-4-3-5-10-21)19-22-11-6-7-13-24(22)23-12-8-16-28-20-23/h3-13,16,20H,2,14-15,17-19H2,1H3,(H,29,32). The van der Waals surface area contributed by atoms with Crippen LogP contribution in [0.5, 0.6) is 0 Å². The van der Waals surface area contributed by atoms with Gasteiger partial charge in [0.1, 0.15) is 0 Å². The van der Waals surface area contributed by atoms with E-state index in [1.165, 1.54) is 0 Å². The highest BCUT2D eigenvalue weighted by Gasteiger charge is 2.42. The van der Waals surface area contributed by atoms with E-state index in [4.69, 9.17) is 0 Å². The van der Waals surface area contributed by atoms with Gasteiger partial charge in [-0.25, -0.2) is 0 Å². The van der Waals surface area contributed by atoms with Crippen LogP contribution in [0.1, 0.15) is 35.7 Å². The maximum absolute atomic E-state index is 13.3. The Bertz CT molecular complexity index is 1060. The summed E-state index contributed by atoms with van der Waals surface area (Å²) in [6.07, 6.45) is 5.54. The summed E-state index contributed by atoms with van der Waals surface area (Å²) in [6.45, 7) is 3.68. The molecule has 0 radical (unpaired) electrons. The van der Waals surface area contributed by atoms with Gasteiger partial charge < -0.3 is 10.2 Å². The van der Waals surface area contributed by atoms with Gasteiger partial charge in [0.2, 0.25) is 5.91 Å². The van der Waals surface area contributed by atoms with Gasteiger partial charge in [0.05, 0.1) is 5.41 Å². The first-order valence-electron chi connectivity index (χ1n) is 11.2. The van der Waals surface area contributed by atoms with Crippen LogP contribution < -0.4 is 5.32 Å². The number of nitrogens with one attached hydrogen (secondary N) is 1. The van der Waals surface area contributed by atoms with Gasteiger partial charge in [0, 0.05) is 43.2 Å². The van der Waals surface area contributed by atoms with Crippen molar-refractivity contribution in [2.75, 3.05) is 19.6 Å². The molecule has 1 aliphatic rings. The van der Waals surface area contributed by atoms with Crippen LogP contribution in [0.4, 0.5) is 0 Å². The number of amides is 2. The first kappa shape index (κ1) is 21.8. The Balaban J connectivity index is 1.59. The Hall–Kier alpha value is -3.47. The highest BCUT2D eigenvalue weighted by atomic mass is 16.2. The van der Waals surface area contributed by atoms with Crippen LogP contribution in [-0.2, 0) is 11.2 Å². The van der Waals surface area contributed by atoms with Crippen molar-refractivity contribution >= 4 is 11.8 Å². The molecule has 3 aromatic rings. The molecular weight excluding hydrogens is 398 g/mol. The summed E-state index contributed by atoms with van der Waals surface area (Å²) in [4.78, 5) is 32.4. The molecule has 0 atom stereocenters. The summed E-state index contributed by atoms with van der Waals surface area (Å²) < 4.78 is 0. The third-order valence-electron chi connectivity index (χ3n) is 6.37. The summed E-state index contributed by atoms with van der Waals surface area (Å²) in [7, 11) is 0. The van der Waals surface area contributed by atoms with Crippen LogP contribution in [-0.4, -0.2) is 41.3 Å². The van der Waals surface area contributed by atoms with E-state index in [1.54, 1.807) is 6.20 Å². The SMILES string of the molecule is CCNC(=O)C1(Cc2ccccc2-c2cccnc2)CCN(C(=O)c2ccccc2)CC1. The molecule has 1 fully saturated rings. The summed E-state index contributed by atoms with van der Waals surface area (Å²) in [5.41, 5.74) is 3.44. The highest BCUT2D eigenvalue weighted by molar-refractivity contribution is 5.94. The molecule has 5 nitrogen and oxygen atoms in total. The lowest BCUT2D eigenvalue weighted by molar-refractivity contribution is -0.133. The Kier molecular flexibility index (Phi) is 6.64.